The van der Waals surface area contributed by atoms with Crippen molar-refractivity contribution in [2.75, 3.05) is 19.8 Å². The van der Waals surface area contributed by atoms with Crippen LogP contribution in [0.15, 0.2) is 95.4 Å². The van der Waals surface area contributed by atoms with Gasteiger partial charge in [0.15, 0.2) is 5.78 Å². The van der Waals surface area contributed by atoms with Crippen molar-refractivity contribution in [1.82, 2.24) is 4.72 Å². The van der Waals surface area contributed by atoms with Crippen LogP contribution < -0.4 is 4.72 Å². The Morgan fingerprint density at radius 1 is 1.08 bits per heavy atom. The van der Waals surface area contributed by atoms with Gasteiger partial charge in [-0.1, -0.05) is 92.8 Å². The first-order valence-electron chi connectivity index (χ1n) is 13.4. The van der Waals surface area contributed by atoms with Crippen molar-refractivity contribution in [2.24, 2.45) is 0 Å². The quantitative estimate of drug-likeness (QED) is 0.345. The van der Waals surface area contributed by atoms with Crippen LogP contribution in [-0.4, -0.2) is 55.7 Å². The number of ketones is 1. The largest absolute Gasteiger partial charge is 0.396 e. The summed E-state index contributed by atoms with van der Waals surface area (Å²) >= 11 is 1.49. The topological polar surface area (TPSA) is 92.7 Å². The molecule has 4 atom stereocenters. The Morgan fingerprint density at radius 3 is 2.51 bits per heavy atom. The molecule has 1 aliphatic heterocycles. The summed E-state index contributed by atoms with van der Waals surface area (Å²) in [5.41, 5.74) is 2.43. The van der Waals surface area contributed by atoms with Crippen LogP contribution in [0, 0.1) is 0 Å². The van der Waals surface area contributed by atoms with Crippen LogP contribution in [0.3, 0.4) is 0 Å². The average Bonchev–Trinajstić information content (AvgIpc) is 2.94. The lowest BCUT2D eigenvalue weighted by Gasteiger charge is -2.34. The van der Waals surface area contributed by atoms with Crippen molar-refractivity contribution >= 4 is 27.6 Å². The van der Waals surface area contributed by atoms with Crippen LogP contribution in [-0.2, 0) is 19.6 Å². The molecular formula is C31H37NO5S2. The highest BCUT2D eigenvalue weighted by Gasteiger charge is 2.41. The molecule has 1 heterocycles. The maximum atomic E-state index is 13.9. The van der Waals surface area contributed by atoms with E-state index in [1.807, 2.05) is 72.8 Å². The smallest absolute Gasteiger partial charge is 0.217 e. The molecule has 2 aromatic rings. The summed E-state index contributed by atoms with van der Waals surface area (Å²) in [5.74, 6) is -0.257. The van der Waals surface area contributed by atoms with E-state index in [0.717, 1.165) is 10.5 Å². The zero-order valence-corrected chi connectivity index (χ0v) is 24.0. The van der Waals surface area contributed by atoms with E-state index in [-0.39, 0.29) is 25.4 Å². The number of benzene rings is 2. The maximum absolute atomic E-state index is 13.9. The second-order valence-electron chi connectivity index (χ2n) is 10.1. The van der Waals surface area contributed by atoms with Gasteiger partial charge in [0.05, 0.1) is 18.0 Å². The van der Waals surface area contributed by atoms with Crippen molar-refractivity contribution in [1.29, 1.82) is 0 Å². The van der Waals surface area contributed by atoms with Crippen molar-refractivity contribution in [3.8, 4) is 0 Å². The molecule has 2 aromatic carbocycles. The minimum absolute atomic E-state index is 0.103. The van der Waals surface area contributed by atoms with Crippen molar-refractivity contribution in [3.05, 3.63) is 102 Å². The third-order valence-electron chi connectivity index (χ3n) is 7.15. The number of carbonyl (C=O) groups is 1. The number of Topliss-reactive ketones (excluding diaryl/α,β-unsaturated/α-hetero) is 1. The molecule has 0 fully saturated rings. The molecule has 0 amide bonds. The molecule has 4 rings (SSSR count). The van der Waals surface area contributed by atoms with Gasteiger partial charge >= 0.3 is 0 Å². The number of thioether (sulfide) groups is 1. The summed E-state index contributed by atoms with van der Waals surface area (Å²) in [7, 11) is -3.95. The lowest BCUT2D eigenvalue weighted by Crippen LogP contribution is -2.48. The molecule has 0 spiro atoms. The second-order valence-corrected chi connectivity index (χ2v) is 13.2. The predicted octanol–water partition coefficient (Wildman–Crippen LogP) is 5.14. The van der Waals surface area contributed by atoms with E-state index in [1.165, 1.54) is 17.3 Å². The molecule has 0 saturated heterocycles. The highest BCUT2D eigenvalue weighted by atomic mass is 32.2. The Labute approximate surface area is 236 Å². The third kappa shape index (κ3) is 7.38. The summed E-state index contributed by atoms with van der Waals surface area (Å²) in [5, 5.41) is 8.49. The van der Waals surface area contributed by atoms with Crippen LogP contribution >= 0.6 is 11.8 Å². The summed E-state index contributed by atoms with van der Waals surface area (Å²) < 4.78 is 36.5. The summed E-state index contributed by atoms with van der Waals surface area (Å²) in [6, 6.07) is 17.4. The molecule has 0 aromatic heterocycles. The monoisotopic (exact) mass is 567 g/mol. The molecule has 39 heavy (non-hydrogen) atoms. The first-order chi connectivity index (χ1) is 18.8. The number of ether oxygens (including phenoxy) is 1. The van der Waals surface area contributed by atoms with Gasteiger partial charge in [0.25, 0.3) is 0 Å². The van der Waals surface area contributed by atoms with Gasteiger partial charge in [-0.15, -0.1) is 11.8 Å². The zero-order chi connectivity index (χ0) is 27.8. The van der Waals surface area contributed by atoms with Gasteiger partial charge in [-0.05, 0) is 36.0 Å². The minimum Gasteiger partial charge on any atom is -0.396 e. The summed E-state index contributed by atoms with van der Waals surface area (Å²) in [4.78, 5) is 14.5. The number of sulfonamides is 1. The van der Waals surface area contributed by atoms with Gasteiger partial charge in [0.2, 0.25) is 10.0 Å². The number of aliphatic hydroxyl groups excluding tert-OH is 1. The SMILES string of the molecule is CC(C)c1ccccc1SC1C=CC=C(CNS(=O)(=O)C(C2CC=CCO2)C(CCO)c2ccccc2)C1=O. The zero-order valence-electron chi connectivity index (χ0n) is 22.4. The number of allylic oxidation sites excluding steroid dienone is 2. The standard InChI is InChI=1S/C31H37NO5S2/c1-22(2)25-14-6-7-16-28(25)38-29-17-10-13-24(30(29)34)21-32-39(35,36)31(27-15-8-9-20-37-27)26(18-19-33)23-11-4-3-5-12-23/h3-14,16-17,22,26-27,29,31-33H,15,18-21H2,1-2H3. The fourth-order valence-electron chi connectivity index (χ4n) is 5.15. The number of hydrogen-bond acceptors (Lipinski definition) is 6. The molecule has 6 nitrogen and oxygen atoms in total. The van der Waals surface area contributed by atoms with E-state index in [0.29, 0.717) is 24.5 Å². The molecule has 2 aliphatic rings. The van der Waals surface area contributed by atoms with Crippen LogP contribution in [0.4, 0.5) is 0 Å². The highest BCUT2D eigenvalue weighted by molar-refractivity contribution is 8.01. The van der Waals surface area contributed by atoms with Gasteiger partial charge in [0, 0.05) is 29.5 Å². The van der Waals surface area contributed by atoms with E-state index in [4.69, 9.17) is 4.74 Å². The van der Waals surface area contributed by atoms with E-state index in [2.05, 4.69) is 24.6 Å². The van der Waals surface area contributed by atoms with Crippen LogP contribution in [0.2, 0.25) is 0 Å². The van der Waals surface area contributed by atoms with Crippen molar-refractivity contribution in [3.63, 3.8) is 0 Å². The van der Waals surface area contributed by atoms with Gasteiger partial charge in [-0.25, -0.2) is 13.1 Å². The molecule has 8 heteroatoms. The third-order valence-corrected chi connectivity index (χ3v) is 10.3. The number of hydrogen-bond donors (Lipinski definition) is 2. The highest BCUT2D eigenvalue weighted by Crippen LogP contribution is 2.35. The fourth-order valence-corrected chi connectivity index (χ4v) is 8.31. The van der Waals surface area contributed by atoms with E-state index in [1.54, 1.807) is 6.08 Å². The Hall–Kier alpha value is -2.49. The maximum Gasteiger partial charge on any atom is 0.217 e. The Balaban J connectivity index is 1.53. The van der Waals surface area contributed by atoms with Crippen LogP contribution in [0.25, 0.3) is 0 Å². The van der Waals surface area contributed by atoms with E-state index < -0.39 is 32.5 Å². The van der Waals surface area contributed by atoms with Crippen LogP contribution in [0.5, 0.6) is 0 Å². The van der Waals surface area contributed by atoms with Gasteiger partial charge in [0.1, 0.15) is 5.25 Å². The lowest BCUT2D eigenvalue weighted by molar-refractivity contribution is -0.114. The molecule has 0 radical (unpaired) electrons. The first kappa shape index (κ1) is 29.5. The van der Waals surface area contributed by atoms with Crippen molar-refractivity contribution in [2.45, 2.75) is 60.0 Å². The lowest BCUT2D eigenvalue weighted by atomic mass is 9.88. The Morgan fingerprint density at radius 2 is 1.82 bits per heavy atom. The Bertz CT molecular complexity index is 1320. The predicted molar refractivity (Wildman–Crippen MR) is 157 cm³/mol. The molecule has 0 saturated carbocycles. The van der Waals surface area contributed by atoms with Crippen LogP contribution in [0.1, 0.15) is 49.7 Å². The first-order valence-corrected chi connectivity index (χ1v) is 15.8. The fraction of sp³-hybridized carbons (Fsp3) is 0.387. The summed E-state index contributed by atoms with van der Waals surface area (Å²) in [6.45, 7) is 4.33. The number of aliphatic hydroxyl groups is 1. The minimum atomic E-state index is -3.95. The Kier molecular flexibility index (Phi) is 10.4. The molecular weight excluding hydrogens is 530 g/mol. The second kappa shape index (κ2) is 13.7. The van der Waals surface area contributed by atoms with Crippen molar-refractivity contribution < 1.29 is 23.1 Å². The normalized spacial score (nSPS) is 21.1. The number of carbonyl (C=O) groups excluding carboxylic acids is 1. The van der Waals surface area contributed by atoms with Gasteiger partial charge in [-0.3, -0.25) is 4.79 Å². The average molecular weight is 568 g/mol. The van der Waals surface area contributed by atoms with Gasteiger partial charge in [-0.2, -0.15) is 0 Å². The molecule has 2 N–H and O–H groups in total. The number of rotatable bonds is 12. The molecule has 0 bridgehead atoms. The molecule has 4 unspecified atom stereocenters. The molecule has 208 valence electrons. The van der Waals surface area contributed by atoms with E-state index in [9.17, 15) is 18.3 Å². The molecule has 1 aliphatic carbocycles. The van der Waals surface area contributed by atoms with E-state index >= 15 is 0 Å². The summed E-state index contributed by atoms with van der Waals surface area (Å²) in [6.07, 6.45) is 9.35. The van der Waals surface area contributed by atoms with Gasteiger partial charge < -0.3 is 9.84 Å². The number of nitrogens with one attached hydrogen (secondary N) is 1.